The first-order chi connectivity index (χ1) is 6.24. The van der Waals surface area contributed by atoms with Crippen LogP contribution in [0.2, 0.25) is 12.1 Å². The molecular formula is C11H19NSi. The number of allylic oxidation sites excluding steroid dienone is 2. The number of nitrogens with zero attached hydrogens (tertiary/aromatic N) is 1. The largest absolute Gasteiger partial charge is 0.198 e. The molecule has 13 heavy (non-hydrogen) atoms. The Bertz CT molecular complexity index is 211. The van der Waals surface area contributed by atoms with Gasteiger partial charge in [0.15, 0.2) is 0 Å². The Morgan fingerprint density at radius 3 is 2.08 bits per heavy atom. The molecule has 0 unspecified atom stereocenters. The molecule has 0 aliphatic rings. The fourth-order valence-electron chi connectivity index (χ4n) is 1.59. The first-order valence-corrected chi connectivity index (χ1v) is 7.46. The van der Waals surface area contributed by atoms with E-state index in [-0.39, 0.29) is 0 Å². The molecule has 0 radical (unpaired) electrons. The first-order valence-electron chi connectivity index (χ1n) is 4.89. The van der Waals surface area contributed by atoms with Crippen molar-refractivity contribution < 1.29 is 0 Å². The molecule has 0 bridgehead atoms. The highest BCUT2D eigenvalue weighted by molar-refractivity contribution is 6.88. The SMILES string of the molecule is CC=C[Si](C=CC)(CC)CCC#N. The van der Waals surface area contributed by atoms with Crippen LogP contribution in [-0.2, 0) is 0 Å². The van der Waals surface area contributed by atoms with Crippen molar-refractivity contribution >= 4 is 8.07 Å². The van der Waals surface area contributed by atoms with Gasteiger partial charge in [0.1, 0.15) is 8.07 Å². The molecule has 0 saturated carbocycles. The average molecular weight is 193 g/mol. The summed E-state index contributed by atoms with van der Waals surface area (Å²) in [5.41, 5.74) is 4.68. The van der Waals surface area contributed by atoms with Gasteiger partial charge >= 0.3 is 0 Å². The van der Waals surface area contributed by atoms with Gasteiger partial charge in [0, 0.05) is 6.42 Å². The summed E-state index contributed by atoms with van der Waals surface area (Å²) >= 11 is 0. The van der Waals surface area contributed by atoms with Crippen LogP contribution in [0, 0.1) is 11.3 Å². The molecule has 0 aromatic rings. The van der Waals surface area contributed by atoms with Crippen molar-refractivity contribution in [2.75, 3.05) is 0 Å². The van der Waals surface area contributed by atoms with Crippen molar-refractivity contribution in [3.8, 4) is 6.07 Å². The molecule has 0 atom stereocenters. The smallest absolute Gasteiger partial charge is 0.102 e. The van der Waals surface area contributed by atoms with E-state index in [9.17, 15) is 0 Å². The molecule has 0 aromatic carbocycles. The van der Waals surface area contributed by atoms with Gasteiger partial charge in [0.2, 0.25) is 0 Å². The lowest BCUT2D eigenvalue weighted by Crippen LogP contribution is -2.28. The summed E-state index contributed by atoms with van der Waals surface area (Å²) in [6.45, 7) is 6.35. The van der Waals surface area contributed by atoms with E-state index < -0.39 is 8.07 Å². The fourth-order valence-corrected chi connectivity index (χ4v) is 4.76. The molecule has 0 amide bonds. The van der Waals surface area contributed by atoms with Crippen molar-refractivity contribution in [3.63, 3.8) is 0 Å². The topological polar surface area (TPSA) is 23.8 Å². The van der Waals surface area contributed by atoms with E-state index in [0.29, 0.717) is 6.42 Å². The summed E-state index contributed by atoms with van der Waals surface area (Å²) in [5.74, 6) is 0. The van der Waals surface area contributed by atoms with Crippen LogP contribution in [0.4, 0.5) is 0 Å². The Kier molecular flexibility index (Phi) is 6.26. The molecule has 1 nitrogen and oxygen atoms in total. The Morgan fingerprint density at radius 1 is 1.23 bits per heavy atom. The predicted molar refractivity (Wildman–Crippen MR) is 60.9 cm³/mol. The van der Waals surface area contributed by atoms with Gasteiger partial charge in [-0.1, -0.05) is 36.5 Å². The first kappa shape index (κ1) is 12.2. The van der Waals surface area contributed by atoms with E-state index >= 15 is 0 Å². The van der Waals surface area contributed by atoms with Crippen LogP contribution in [0.1, 0.15) is 27.2 Å². The fraction of sp³-hybridized carbons (Fsp3) is 0.545. The minimum atomic E-state index is -1.37. The van der Waals surface area contributed by atoms with Gasteiger partial charge in [0.25, 0.3) is 0 Å². The highest BCUT2D eigenvalue weighted by Gasteiger charge is 2.23. The lowest BCUT2D eigenvalue weighted by molar-refractivity contribution is 1.15. The van der Waals surface area contributed by atoms with E-state index in [1.54, 1.807) is 0 Å². The molecule has 0 aromatic heterocycles. The maximum absolute atomic E-state index is 8.59. The second-order valence-electron chi connectivity index (χ2n) is 3.24. The number of hydrogen-bond acceptors (Lipinski definition) is 1. The highest BCUT2D eigenvalue weighted by atomic mass is 28.3. The van der Waals surface area contributed by atoms with Gasteiger partial charge in [-0.2, -0.15) is 5.26 Å². The Hall–Kier alpha value is -0.813. The maximum Gasteiger partial charge on any atom is 0.102 e. The summed E-state index contributed by atoms with van der Waals surface area (Å²) in [6, 6.07) is 4.50. The van der Waals surface area contributed by atoms with Gasteiger partial charge in [-0.3, -0.25) is 0 Å². The van der Waals surface area contributed by atoms with Crippen LogP contribution < -0.4 is 0 Å². The van der Waals surface area contributed by atoms with Crippen LogP contribution in [0.3, 0.4) is 0 Å². The maximum atomic E-state index is 8.59. The summed E-state index contributed by atoms with van der Waals surface area (Å²) in [5, 5.41) is 8.59. The zero-order valence-corrected chi connectivity index (χ0v) is 9.88. The lowest BCUT2D eigenvalue weighted by Gasteiger charge is -2.21. The van der Waals surface area contributed by atoms with Crippen LogP contribution in [0.5, 0.6) is 0 Å². The summed E-state index contributed by atoms with van der Waals surface area (Å²) < 4.78 is 0. The third kappa shape index (κ3) is 4.09. The second-order valence-corrected chi connectivity index (χ2v) is 7.58. The summed E-state index contributed by atoms with van der Waals surface area (Å²) in [4.78, 5) is 0. The van der Waals surface area contributed by atoms with Crippen LogP contribution in [-0.4, -0.2) is 8.07 Å². The van der Waals surface area contributed by atoms with E-state index in [2.05, 4.69) is 50.4 Å². The van der Waals surface area contributed by atoms with E-state index in [0.717, 1.165) is 6.04 Å². The number of hydrogen-bond donors (Lipinski definition) is 0. The molecule has 0 spiro atoms. The molecule has 0 N–H and O–H groups in total. The van der Waals surface area contributed by atoms with Gasteiger partial charge in [-0.15, -0.1) is 0 Å². The molecule has 0 aliphatic carbocycles. The Balaban J connectivity index is 4.55. The molecular weight excluding hydrogens is 174 g/mol. The standard InChI is InChI=1S/C11H19NSi/c1-4-9-13(6-3,10-5-2)11-7-8-12/h4-5,9-10H,6-7,11H2,1-3H3. The van der Waals surface area contributed by atoms with Gasteiger partial charge in [-0.05, 0) is 19.9 Å². The Morgan fingerprint density at radius 2 is 1.77 bits per heavy atom. The minimum absolute atomic E-state index is 0.689. The monoisotopic (exact) mass is 193 g/mol. The summed E-state index contributed by atoms with van der Waals surface area (Å²) in [6.07, 6.45) is 4.95. The van der Waals surface area contributed by atoms with Crippen LogP contribution in [0.15, 0.2) is 23.6 Å². The van der Waals surface area contributed by atoms with Crippen molar-refractivity contribution in [1.29, 1.82) is 5.26 Å². The molecule has 0 aliphatic heterocycles. The molecule has 0 rings (SSSR count). The van der Waals surface area contributed by atoms with Gasteiger partial charge in [-0.25, -0.2) is 0 Å². The van der Waals surface area contributed by atoms with Gasteiger partial charge < -0.3 is 0 Å². The number of rotatable bonds is 5. The molecule has 0 fully saturated rings. The van der Waals surface area contributed by atoms with Crippen LogP contribution in [0.25, 0.3) is 0 Å². The number of nitriles is 1. The van der Waals surface area contributed by atoms with Crippen molar-refractivity contribution in [3.05, 3.63) is 23.6 Å². The quantitative estimate of drug-likeness (QED) is 0.612. The zero-order chi connectivity index (χ0) is 10.2. The lowest BCUT2D eigenvalue weighted by atomic mass is 10.6. The van der Waals surface area contributed by atoms with Crippen molar-refractivity contribution in [2.45, 2.75) is 39.3 Å². The molecule has 0 heterocycles. The average Bonchev–Trinajstić information content (AvgIpc) is 2.15. The minimum Gasteiger partial charge on any atom is -0.198 e. The Labute approximate surface area is 82.8 Å². The second kappa shape index (κ2) is 6.68. The normalized spacial score (nSPS) is 16.2. The van der Waals surface area contributed by atoms with Gasteiger partial charge in [0.05, 0.1) is 6.07 Å². The van der Waals surface area contributed by atoms with Crippen molar-refractivity contribution in [1.82, 2.24) is 0 Å². The van der Waals surface area contributed by atoms with E-state index in [1.165, 1.54) is 6.04 Å². The molecule has 2 heteroatoms. The third-order valence-electron chi connectivity index (χ3n) is 2.36. The third-order valence-corrected chi connectivity index (χ3v) is 6.85. The predicted octanol–water partition coefficient (Wildman–Crippen LogP) is 3.60. The highest BCUT2D eigenvalue weighted by Crippen LogP contribution is 2.20. The van der Waals surface area contributed by atoms with Crippen LogP contribution >= 0.6 is 0 Å². The van der Waals surface area contributed by atoms with E-state index in [1.807, 2.05) is 0 Å². The zero-order valence-electron chi connectivity index (χ0n) is 8.88. The van der Waals surface area contributed by atoms with E-state index in [4.69, 9.17) is 5.26 Å². The molecule has 72 valence electrons. The molecule has 0 saturated heterocycles. The van der Waals surface area contributed by atoms with Crippen molar-refractivity contribution in [2.24, 2.45) is 0 Å². The summed E-state index contributed by atoms with van der Waals surface area (Å²) in [7, 11) is -1.37.